The number of rotatable bonds is 5. The molecule has 0 aromatic heterocycles. The molecule has 2 N–H and O–H groups in total. The molecular weight excluding hydrogens is 540 g/mol. The number of ether oxygens (including phenoxy) is 1. The van der Waals surface area contributed by atoms with Crippen LogP contribution in [0.3, 0.4) is 0 Å². The fourth-order valence-electron chi connectivity index (χ4n) is 4.04. The molecule has 2 fully saturated rings. The van der Waals surface area contributed by atoms with Crippen LogP contribution >= 0.6 is 0 Å². The maximum atomic E-state index is 13.0. The van der Waals surface area contributed by atoms with Crippen molar-refractivity contribution in [1.82, 2.24) is 14.7 Å². The highest BCUT2D eigenvalue weighted by Gasteiger charge is 2.48. The first-order chi connectivity index (χ1) is 18.0. The van der Waals surface area contributed by atoms with E-state index in [-0.39, 0.29) is 11.4 Å². The number of carbonyl (C=O) groups excluding carboxylic acids is 1. The second-order valence-corrected chi connectivity index (χ2v) is 8.72. The molecule has 2 aliphatic heterocycles. The molecule has 1 spiro atoms. The van der Waals surface area contributed by atoms with Crippen molar-refractivity contribution in [2.24, 2.45) is 0 Å². The molecule has 1 amide bonds. The van der Waals surface area contributed by atoms with Crippen LogP contribution in [0.25, 0.3) is 0 Å². The number of alkyl halides is 6. The second-order valence-electron chi connectivity index (χ2n) is 8.72. The van der Waals surface area contributed by atoms with Gasteiger partial charge in [-0.15, -0.1) is 6.58 Å². The van der Waals surface area contributed by atoms with E-state index >= 15 is 0 Å². The van der Waals surface area contributed by atoms with Crippen LogP contribution in [0.15, 0.2) is 36.9 Å². The lowest BCUT2D eigenvalue weighted by Gasteiger charge is -2.51. The normalized spacial score (nSPS) is 17.8. The van der Waals surface area contributed by atoms with E-state index in [1.54, 1.807) is 7.11 Å². The number of nitrogens with zero attached hydrogens (tertiary/aromatic N) is 3. The lowest BCUT2D eigenvalue weighted by atomic mass is 9.82. The molecule has 39 heavy (non-hydrogen) atoms. The van der Waals surface area contributed by atoms with Gasteiger partial charge >= 0.3 is 24.3 Å². The topological polar surface area (TPSA) is 111 Å². The number of piperidine rings is 1. The van der Waals surface area contributed by atoms with Crippen LogP contribution in [-0.4, -0.2) is 108 Å². The maximum absolute atomic E-state index is 13.0. The van der Waals surface area contributed by atoms with Gasteiger partial charge in [0.05, 0.1) is 7.11 Å². The molecule has 0 radical (unpaired) electrons. The first kappa shape index (κ1) is 33.7. The molecule has 3 rings (SSSR count). The molecule has 0 bridgehead atoms. The summed E-state index contributed by atoms with van der Waals surface area (Å²) < 4.78 is 68.7. The smallest absolute Gasteiger partial charge is 0.490 e. The van der Waals surface area contributed by atoms with Gasteiger partial charge in [0, 0.05) is 39.3 Å². The Hall–Kier alpha value is -3.33. The van der Waals surface area contributed by atoms with Crippen LogP contribution in [-0.2, 0) is 20.9 Å². The van der Waals surface area contributed by atoms with E-state index in [1.165, 1.54) is 5.56 Å². The van der Waals surface area contributed by atoms with E-state index in [4.69, 9.17) is 24.5 Å². The van der Waals surface area contributed by atoms with E-state index in [2.05, 4.69) is 35.6 Å². The van der Waals surface area contributed by atoms with Crippen molar-refractivity contribution < 1.29 is 55.7 Å². The number of likely N-dealkylation sites (N-methyl/N-ethyl adjacent to an activating group) is 1. The Morgan fingerprint density at radius 1 is 0.974 bits per heavy atom. The van der Waals surface area contributed by atoms with Gasteiger partial charge in [-0.25, -0.2) is 9.59 Å². The average molecular weight is 572 g/mol. The molecule has 2 heterocycles. The number of halogens is 6. The largest absolute Gasteiger partial charge is 0.497 e. The molecule has 2 saturated heterocycles. The summed E-state index contributed by atoms with van der Waals surface area (Å²) in [4.78, 5) is 37.5. The summed E-state index contributed by atoms with van der Waals surface area (Å²) >= 11 is 0. The number of hydrogen-bond acceptors (Lipinski definition) is 6. The first-order valence-corrected chi connectivity index (χ1v) is 11.5. The molecule has 220 valence electrons. The van der Waals surface area contributed by atoms with Gasteiger partial charge in [0.1, 0.15) is 11.3 Å². The number of carboxylic acid groups (broad SMARTS) is 2. The maximum Gasteiger partial charge on any atom is 0.490 e. The number of carboxylic acids is 2. The van der Waals surface area contributed by atoms with E-state index in [0.29, 0.717) is 6.54 Å². The highest BCUT2D eigenvalue weighted by atomic mass is 19.4. The lowest BCUT2D eigenvalue weighted by molar-refractivity contribution is -0.193. The minimum absolute atomic E-state index is 0.283. The van der Waals surface area contributed by atoms with Crippen LogP contribution in [0.2, 0.25) is 0 Å². The Bertz CT molecular complexity index is 952. The third-order valence-corrected chi connectivity index (χ3v) is 6.20. The van der Waals surface area contributed by atoms with Gasteiger partial charge in [-0.05, 0) is 37.6 Å². The number of amides is 1. The summed E-state index contributed by atoms with van der Waals surface area (Å²) in [7, 11) is 3.79. The van der Waals surface area contributed by atoms with Crippen molar-refractivity contribution >= 4 is 17.8 Å². The van der Waals surface area contributed by atoms with Gasteiger partial charge < -0.3 is 19.8 Å². The molecule has 1 aromatic carbocycles. The number of hydrogen-bond donors (Lipinski definition) is 2. The summed E-state index contributed by atoms with van der Waals surface area (Å²) in [6.07, 6.45) is -6.55. The predicted molar refractivity (Wildman–Crippen MR) is 127 cm³/mol. The van der Waals surface area contributed by atoms with Gasteiger partial charge in [-0.3, -0.25) is 14.6 Å². The van der Waals surface area contributed by atoms with Crippen molar-refractivity contribution in [2.75, 3.05) is 46.9 Å². The molecule has 0 atom stereocenters. The van der Waals surface area contributed by atoms with E-state index in [1.807, 2.05) is 23.1 Å². The van der Waals surface area contributed by atoms with Gasteiger partial charge in [0.2, 0.25) is 5.91 Å². The van der Waals surface area contributed by atoms with Gasteiger partial charge in [0.25, 0.3) is 0 Å². The third kappa shape index (κ3) is 10.1. The summed E-state index contributed by atoms with van der Waals surface area (Å²) in [6, 6.07) is 8.25. The molecular formula is C24H31F6N3O6. The lowest BCUT2D eigenvalue weighted by Crippen LogP contribution is -2.67. The molecule has 9 nitrogen and oxygen atoms in total. The van der Waals surface area contributed by atoms with Crippen LogP contribution in [0.1, 0.15) is 18.4 Å². The zero-order valence-corrected chi connectivity index (χ0v) is 21.4. The van der Waals surface area contributed by atoms with E-state index < -0.39 is 24.3 Å². The van der Waals surface area contributed by atoms with Crippen LogP contribution in [0.4, 0.5) is 26.3 Å². The van der Waals surface area contributed by atoms with Crippen molar-refractivity contribution in [3.8, 4) is 5.75 Å². The first-order valence-electron chi connectivity index (χ1n) is 11.5. The fraction of sp³-hybridized carbons (Fsp3) is 0.542. The van der Waals surface area contributed by atoms with Gasteiger partial charge in [0.15, 0.2) is 0 Å². The van der Waals surface area contributed by atoms with Gasteiger partial charge in [-0.1, -0.05) is 18.2 Å². The Labute approximate surface area is 221 Å². The summed E-state index contributed by atoms with van der Waals surface area (Å²) in [5.41, 5.74) is 0.964. The van der Waals surface area contributed by atoms with Crippen molar-refractivity contribution in [3.63, 3.8) is 0 Å². The van der Waals surface area contributed by atoms with E-state index in [0.717, 1.165) is 51.3 Å². The zero-order valence-electron chi connectivity index (χ0n) is 21.4. The number of carbonyl (C=O) groups is 3. The molecule has 0 saturated carbocycles. The number of piperazine rings is 1. The Morgan fingerprint density at radius 2 is 1.44 bits per heavy atom. The molecule has 2 aliphatic rings. The monoisotopic (exact) mass is 571 g/mol. The number of methoxy groups -OCH3 is 1. The second kappa shape index (κ2) is 14.2. The Kier molecular flexibility index (Phi) is 12.2. The average Bonchev–Trinajstić information content (AvgIpc) is 2.86. The minimum Gasteiger partial charge on any atom is -0.497 e. The van der Waals surface area contributed by atoms with Crippen LogP contribution in [0.5, 0.6) is 5.75 Å². The SMILES string of the molecule is C=CCN1CCN(C)C2(CCN(Cc3ccc(OC)cc3)CC2)C1=O.O=C(O)C(F)(F)F.O=C(O)C(F)(F)F. The number of aliphatic carboxylic acids is 2. The van der Waals surface area contributed by atoms with Crippen molar-refractivity contribution in [3.05, 3.63) is 42.5 Å². The third-order valence-electron chi connectivity index (χ3n) is 6.20. The van der Waals surface area contributed by atoms with Crippen LogP contribution < -0.4 is 4.74 Å². The minimum atomic E-state index is -5.08. The Balaban J connectivity index is 0.000000449. The number of benzene rings is 1. The quantitative estimate of drug-likeness (QED) is 0.410. The van der Waals surface area contributed by atoms with Gasteiger partial charge in [-0.2, -0.15) is 26.3 Å². The molecule has 15 heteroatoms. The highest BCUT2D eigenvalue weighted by molar-refractivity contribution is 5.87. The Morgan fingerprint density at radius 3 is 1.82 bits per heavy atom. The van der Waals surface area contributed by atoms with Crippen molar-refractivity contribution in [1.29, 1.82) is 0 Å². The fourth-order valence-corrected chi connectivity index (χ4v) is 4.04. The highest BCUT2D eigenvalue weighted by Crippen LogP contribution is 2.33. The standard InChI is InChI=1S/C20H29N3O2.2C2HF3O2/c1-4-11-23-15-14-21(2)20(19(23)24)9-12-22(13-10-20)16-17-5-7-18(25-3)8-6-17;2*3-2(4,5)1(6)7/h4-8H,1,9-16H2,2-3H3;2*(H,6,7). The summed E-state index contributed by atoms with van der Waals surface area (Å²) in [6.45, 7) is 9.01. The molecule has 0 aliphatic carbocycles. The van der Waals surface area contributed by atoms with Crippen LogP contribution in [0, 0.1) is 0 Å². The predicted octanol–water partition coefficient (Wildman–Crippen LogP) is 3.26. The summed E-state index contributed by atoms with van der Waals surface area (Å²) in [5, 5.41) is 14.2. The van der Waals surface area contributed by atoms with E-state index in [9.17, 15) is 31.1 Å². The molecule has 0 unspecified atom stereocenters. The zero-order chi connectivity index (χ0) is 30.0. The number of likely N-dealkylation sites (tertiary alicyclic amines) is 1. The summed E-state index contributed by atoms with van der Waals surface area (Å²) in [5.74, 6) is -4.34. The van der Waals surface area contributed by atoms with Crippen molar-refractivity contribution in [2.45, 2.75) is 37.3 Å². The molecule has 1 aromatic rings.